The van der Waals surface area contributed by atoms with Gasteiger partial charge in [0.05, 0.1) is 11.9 Å². The molecule has 3 rings (SSSR count). The summed E-state index contributed by atoms with van der Waals surface area (Å²) in [5.74, 6) is -0.159. The Hall–Kier alpha value is -2.14. The Kier molecular flexibility index (Phi) is 2.02. The van der Waals surface area contributed by atoms with Gasteiger partial charge in [-0.05, 0) is 24.6 Å². The van der Waals surface area contributed by atoms with E-state index in [-0.39, 0.29) is 5.91 Å². The molecule has 0 aliphatic carbocycles. The molecule has 5 nitrogen and oxygen atoms in total. The monoisotopic (exact) mass is 228 g/mol. The van der Waals surface area contributed by atoms with Gasteiger partial charge < -0.3 is 11.1 Å². The molecule has 86 valence electrons. The summed E-state index contributed by atoms with van der Waals surface area (Å²) >= 11 is 0. The molecule has 0 saturated carbocycles. The average Bonchev–Trinajstić information content (AvgIpc) is 2.85. The minimum Gasteiger partial charge on any atom is -0.324 e. The smallest absolute Gasteiger partial charge is 0.245 e. The van der Waals surface area contributed by atoms with Gasteiger partial charge >= 0.3 is 0 Å². The number of nitrogens with one attached hydrogen (secondary N) is 1. The highest BCUT2D eigenvalue weighted by molar-refractivity contribution is 6.02. The molecule has 2 heterocycles. The summed E-state index contributed by atoms with van der Waals surface area (Å²) in [5.41, 5.74) is 9.35. The van der Waals surface area contributed by atoms with Crippen molar-refractivity contribution in [1.82, 2.24) is 9.78 Å². The highest BCUT2D eigenvalue weighted by atomic mass is 16.2. The number of amides is 1. The van der Waals surface area contributed by atoms with Crippen LogP contribution in [0.2, 0.25) is 0 Å². The third-order valence-electron chi connectivity index (χ3n) is 2.89. The molecule has 2 aromatic rings. The van der Waals surface area contributed by atoms with Gasteiger partial charge in [0.1, 0.15) is 6.04 Å². The Morgan fingerprint density at radius 3 is 3.00 bits per heavy atom. The van der Waals surface area contributed by atoms with Crippen molar-refractivity contribution in [3.63, 3.8) is 0 Å². The predicted octanol–water partition coefficient (Wildman–Crippen LogP) is 1.13. The fraction of sp³-hybridized carbons (Fsp3) is 0.167. The van der Waals surface area contributed by atoms with Crippen molar-refractivity contribution < 1.29 is 4.79 Å². The summed E-state index contributed by atoms with van der Waals surface area (Å²) in [7, 11) is 0. The second-order valence-corrected chi connectivity index (χ2v) is 4.20. The molecule has 1 aromatic heterocycles. The Labute approximate surface area is 98.2 Å². The Morgan fingerprint density at radius 1 is 1.47 bits per heavy atom. The van der Waals surface area contributed by atoms with E-state index in [2.05, 4.69) is 10.4 Å². The highest BCUT2D eigenvalue weighted by Crippen LogP contribution is 2.30. The van der Waals surface area contributed by atoms with E-state index in [1.54, 1.807) is 10.9 Å². The lowest BCUT2D eigenvalue weighted by Crippen LogP contribution is -2.19. The number of aryl methyl sites for hydroxylation is 1. The van der Waals surface area contributed by atoms with Crippen LogP contribution in [0.25, 0.3) is 5.69 Å². The standard InChI is InChI=1S/C12H12N4O/c1-7-5-14-16(6-7)8-2-3-9-10(4-8)15-12(17)11(9)13/h2-6,11H,13H2,1H3,(H,15,17). The van der Waals surface area contributed by atoms with Crippen LogP contribution < -0.4 is 11.1 Å². The SMILES string of the molecule is Cc1cnn(-c2ccc3c(c2)NC(=O)C3N)c1. The lowest BCUT2D eigenvalue weighted by Gasteiger charge is -2.05. The van der Waals surface area contributed by atoms with Gasteiger partial charge in [-0.3, -0.25) is 4.79 Å². The van der Waals surface area contributed by atoms with Crippen LogP contribution in [0.3, 0.4) is 0 Å². The zero-order chi connectivity index (χ0) is 12.0. The van der Waals surface area contributed by atoms with Crippen molar-refractivity contribution in [2.45, 2.75) is 13.0 Å². The van der Waals surface area contributed by atoms with E-state index < -0.39 is 6.04 Å². The van der Waals surface area contributed by atoms with E-state index in [0.29, 0.717) is 0 Å². The first-order valence-electron chi connectivity index (χ1n) is 5.37. The summed E-state index contributed by atoms with van der Waals surface area (Å²) in [6, 6.07) is 5.10. The van der Waals surface area contributed by atoms with Crippen molar-refractivity contribution in [2.24, 2.45) is 5.73 Å². The van der Waals surface area contributed by atoms with E-state index in [1.807, 2.05) is 31.3 Å². The number of carbonyl (C=O) groups is 1. The van der Waals surface area contributed by atoms with Crippen molar-refractivity contribution in [2.75, 3.05) is 5.32 Å². The van der Waals surface area contributed by atoms with Gasteiger partial charge in [-0.1, -0.05) is 6.07 Å². The second-order valence-electron chi connectivity index (χ2n) is 4.20. The quantitative estimate of drug-likeness (QED) is 0.768. The third-order valence-corrected chi connectivity index (χ3v) is 2.89. The third kappa shape index (κ3) is 1.52. The van der Waals surface area contributed by atoms with Crippen LogP contribution in [-0.4, -0.2) is 15.7 Å². The first-order chi connectivity index (χ1) is 8.15. The largest absolute Gasteiger partial charge is 0.324 e. The lowest BCUT2D eigenvalue weighted by atomic mass is 10.1. The maximum absolute atomic E-state index is 11.4. The number of hydrogen-bond acceptors (Lipinski definition) is 3. The molecule has 0 fully saturated rings. The first-order valence-corrected chi connectivity index (χ1v) is 5.37. The molecule has 0 bridgehead atoms. The van der Waals surface area contributed by atoms with Crippen LogP contribution in [0.4, 0.5) is 5.69 Å². The molecule has 0 saturated heterocycles. The summed E-state index contributed by atoms with van der Waals surface area (Å²) in [4.78, 5) is 11.4. The first kappa shape index (κ1) is 10.0. The number of nitrogens with two attached hydrogens (primary N) is 1. The van der Waals surface area contributed by atoms with Gasteiger partial charge in [-0.25, -0.2) is 4.68 Å². The van der Waals surface area contributed by atoms with E-state index >= 15 is 0 Å². The second kappa shape index (κ2) is 3.43. The normalized spacial score (nSPS) is 18.0. The molecule has 5 heteroatoms. The molecule has 3 N–H and O–H groups in total. The van der Waals surface area contributed by atoms with E-state index in [9.17, 15) is 4.79 Å². The molecule has 1 aliphatic rings. The van der Waals surface area contributed by atoms with Crippen molar-refractivity contribution in [3.8, 4) is 5.69 Å². The van der Waals surface area contributed by atoms with Gasteiger partial charge in [-0.2, -0.15) is 5.10 Å². The molecule has 0 spiro atoms. The van der Waals surface area contributed by atoms with Crippen LogP contribution in [0.1, 0.15) is 17.2 Å². The number of hydrogen-bond donors (Lipinski definition) is 2. The van der Waals surface area contributed by atoms with Gasteiger partial charge in [-0.15, -0.1) is 0 Å². The Bertz CT molecular complexity index is 602. The minimum atomic E-state index is -0.557. The fourth-order valence-electron chi connectivity index (χ4n) is 1.97. The number of anilines is 1. The zero-order valence-corrected chi connectivity index (χ0v) is 9.34. The number of fused-ring (bicyclic) bond motifs is 1. The van der Waals surface area contributed by atoms with Crippen molar-refractivity contribution >= 4 is 11.6 Å². The summed E-state index contributed by atoms with van der Waals surface area (Å²) in [6.45, 7) is 1.98. The number of nitrogens with zero attached hydrogens (tertiary/aromatic N) is 2. The van der Waals surface area contributed by atoms with Crippen molar-refractivity contribution in [1.29, 1.82) is 0 Å². The molecule has 17 heavy (non-hydrogen) atoms. The maximum Gasteiger partial charge on any atom is 0.245 e. The molecule has 1 aromatic carbocycles. The molecular weight excluding hydrogens is 216 g/mol. The lowest BCUT2D eigenvalue weighted by molar-refractivity contribution is -0.116. The van der Waals surface area contributed by atoms with Crippen LogP contribution in [0, 0.1) is 6.92 Å². The number of aromatic nitrogens is 2. The van der Waals surface area contributed by atoms with E-state index in [4.69, 9.17) is 5.73 Å². The van der Waals surface area contributed by atoms with Gasteiger partial charge in [0, 0.05) is 17.4 Å². The van der Waals surface area contributed by atoms with E-state index in [1.165, 1.54) is 0 Å². The minimum absolute atomic E-state index is 0.159. The number of carbonyl (C=O) groups excluding carboxylic acids is 1. The zero-order valence-electron chi connectivity index (χ0n) is 9.34. The Morgan fingerprint density at radius 2 is 2.29 bits per heavy atom. The van der Waals surface area contributed by atoms with Gasteiger partial charge in [0.15, 0.2) is 0 Å². The van der Waals surface area contributed by atoms with Gasteiger partial charge in [0.25, 0.3) is 0 Å². The summed E-state index contributed by atoms with van der Waals surface area (Å²) in [6.07, 6.45) is 3.72. The molecular formula is C12H12N4O. The average molecular weight is 228 g/mol. The van der Waals surface area contributed by atoms with Crippen LogP contribution in [0.5, 0.6) is 0 Å². The molecule has 1 amide bonds. The predicted molar refractivity (Wildman–Crippen MR) is 63.9 cm³/mol. The summed E-state index contributed by atoms with van der Waals surface area (Å²) < 4.78 is 1.77. The number of rotatable bonds is 1. The highest BCUT2D eigenvalue weighted by Gasteiger charge is 2.27. The number of benzene rings is 1. The van der Waals surface area contributed by atoms with Crippen LogP contribution in [0.15, 0.2) is 30.6 Å². The maximum atomic E-state index is 11.4. The van der Waals surface area contributed by atoms with E-state index in [0.717, 1.165) is 22.5 Å². The van der Waals surface area contributed by atoms with Crippen LogP contribution in [-0.2, 0) is 4.79 Å². The Balaban J connectivity index is 2.06. The van der Waals surface area contributed by atoms with Gasteiger partial charge in [0.2, 0.25) is 5.91 Å². The molecule has 1 atom stereocenters. The fourth-order valence-corrected chi connectivity index (χ4v) is 1.97. The molecule has 0 radical (unpaired) electrons. The molecule has 1 unspecified atom stereocenters. The summed E-state index contributed by atoms with van der Waals surface area (Å²) in [5, 5.41) is 6.98. The van der Waals surface area contributed by atoms with Crippen LogP contribution >= 0.6 is 0 Å². The van der Waals surface area contributed by atoms with Crippen molar-refractivity contribution in [3.05, 3.63) is 41.7 Å². The topological polar surface area (TPSA) is 72.9 Å². The molecule has 1 aliphatic heterocycles.